The van der Waals surface area contributed by atoms with Gasteiger partial charge in [-0.25, -0.2) is 4.79 Å². The van der Waals surface area contributed by atoms with Gasteiger partial charge in [0.05, 0.1) is 18.7 Å². The maximum absolute atomic E-state index is 11.7. The van der Waals surface area contributed by atoms with Gasteiger partial charge >= 0.3 is 5.97 Å². The van der Waals surface area contributed by atoms with Crippen LogP contribution in [0.2, 0.25) is 0 Å². The maximum atomic E-state index is 11.7. The van der Waals surface area contributed by atoms with Crippen molar-refractivity contribution >= 4 is 18.2 Å². The fraction of sp³-hybridized carbons (Fsp3) is 0.400. The molecule has 5 nitrogen and oxygen atoms in total. The van der Waals surface area contributed by atoms with Gasteiger partial charge in [0.2, 0.25) is 5.91 Å². The Hall–Kier alpha value is -2.17. The Morgan fingerprint density at radius 3 is 2.70 bits per heavy atom. The van der Waals surface area contributed by atoms with Gasteiger partial charge in [-0.3, -0.25) is 4.79 Å². The monoisotopic (exact) mass is 275 g/mol. The lowest BCUT2D eigenvalue weighted by Gasteiger charge is -2.20. The van der Waals surface area contributed by atoms with Gasteiger partial charge in [-0.15, -0.1) is 0 Å². The molecule has 1 aliphatic rings. The van der Waals surface area contributed by atoms with Crippen molar-refractivity contribution in [2.45, 2.75) is 25.3 Å². The number of carbonyl (C=O) groups is 3. The van der Waals surface area contributed by atoms with Gasteiger partial charge < -0.3 is 14.4 Å². The minimum Gasteiger partial charge on any atom is -0.465 e. The first-order chi connectivity index (χ1) is 9.65. The molecule has 20 heavy (non-hydrogen) atoms. The number of rotatable bonds is 5. The van der Waals surface area contributed by atoms with Crippen LogP contribution in [-0.4, -0.2) is 42.8 Å². The van der Waals surface area contributed by atoms with E-state index in [1.165, 1.54) is 7.11 Å². The quantitative estimate of drug-likeness (QED) is 0.598. The molecule has 1 heterocycles. The van der Waals surface area contributed by atoms with E-state index in [0.29, 0.717) is 31.4 Å². The summed E-state index contributed by atoms with van der Waals surface area (Å²) in [6, 6.07) is 6.79. The Bertz CT molecular complexity index is 509. The maximum Gasteiger partial charge on any atom is 0.337 e. The first-order valence-corrected chi connectivity index (χ1v) is 6.57. The summed E-state index contributed by atoms with van der Waals surface area (Å²) in [7, 11) is 1.34. The Balaban J connectivity index is 1.95. The van der Waals surface area contributed by atoms with Crippen molar-refractivity contribution < 1.29 is 19.1 Å². The highest BCUT2D eigenvalue weighted by molar-refractivity contribution is 5.89. The molecule has 1 fully saturated rings. The summed E-state index contributed by atoms with van der Waals surface area (Å²) in [4.78, 5) is 35.5. The Labute approximate surface area is 117 Å². The second-order valence-electron chi connectivity index (χ2n) is 4.77. The van der Waals surface area contributed by atoms with Crippen LogP contribution >= 0.6 is 0 Å². The summed E-state index contributed by atoms with van der Waals surface area (Å²) in [5, 5.41) is 0. The van der Waals surface area contributed by atoms with Gasteiger partial charge in [0.15, 0.2) is 0 Å². The molecule has 1 saturated heterocycles. The van der Waals surface area contributed by atoms with Gasteiger partial charge in [-0.2, -0.15) is 0 Å². The van der Waals surface area contributed by atoms with Crippen molar-refractivity contribution in [3.8, 4) is 0 Å². The summed E-state index contributed by atoms with van der Waals surface area (Å²) >= 11 is 0. The molecule has 0 spiro atoms. The number of likely N-dealkylation sites (tertiary alicyclic amines) is 1. The lowest BCUT2D eigenvalue weighted by atomic mass is 10.1. The van der Waals surface area contributed by atoms with E-state index in [-0.39, 0.29) is 17.9 Å². The Kier molecular flexibility index (Phi) is 4.50. The summed E-state index contributed by atoms with van der Waals surface area (Å²) in [6.07, 6.45) is 2.57. The van der Waals surface area contributed by atoms with Crippen molar-refractivity contribution in [2.75, 3.05) is 13.7 Å². The summed E-state index contributed by atoms with van der Waals surface area (Å²) in [6.45, 7) is 0.528. The highest BCUT2D eigenvalue weighted by Gasteiger charge is 2.29. The molecule has 0 unspecified atom stereocenters. The predicted octanol–water partition coefficient (Wildman–Crippen LogP) is 1.21. The number of benzene rings is 1. The van der Waals surface area contributed by atoms with E-state index in [9.17, 15) is 14.4 Å². The molecular formula is C15H17NO4. The topological polar surface area (TPSA) is 63.7 Å². The number of methoxy groups -OCH3 is 1. The number of nitrogens with zero attached hydrogens (tertiary/aromatic N) is 1. The zero-order valence-electron chi connectivity index (χ0n) is 11.4. The van der Waals surface area contributed by atoms with Crippen LogP contribution in [0.25, 0.3) is 0 Å². The van der Waals surface area contributed by atoms with Crippen molar-refractivity contribution in [3.63, 3.8) is 0 Å². The van der Waals surface area contributed by atoms with Crippen LogP contribution in [0.15, 0.2) is 24.3 Å². The molecular weight excluding hydrogens is 258 g/mol. The molecule has 0 N–H and O–H groups in total. The summed E-state index contributed by atoms with van der Waals surface area (Å²) in [5.74, 6) is -0.333. The van der Waals surface area contributed by atoms with E-state index in [0.717, 1.165) is 11.8 Å². The molecule has 1 aliphatic heterocycles. The number of amides is 1. The van der Waals surface area contributed by atoms with Crippen molar-refractivity contribution in [2.24, 2.45) is 0 Å². The second-order valence-corrected chi connectivity index (χ2v) is 4.77. The normalized spacial score (nSPS) is 18.1. The zero-order valence-corrected chi connectivity index (χ0v) is 11.4. The van der Waals surface area contributed by atoms with Crippen molar-refractivity contribution in [3.05, 3.63) is 35.4 Å². The van der Waals surface area contributed by atoms with Crippen molar-refractivity contribution in [1.82, 2.24) is 4.90 Å². The molecule has 1 aromatic carbocycles. The van der Waals surface area contributed by atoms with E-state index < -0.39 is 0 Å². The molecule has 1 amide bonds. The molecule has 5 heteroatoms. The smallest absolute Gasteiger partial charge is 0.337 e. The molecule has 0 aliphatic carbocycles. The van der Waals surface area contributed by atoms with E-state index in [4.69, 9.17) is 0 Å². The van der Waals surface area contributed by atoms with Crippen LogP contribution in [-0.2, 0) is 20.7 Å². The average Bonchev–Trinajstić information content (AvgIpc) is 2.85. The lowest BCUT2D eigenvalue weighted by Crippen LogP contribution is -2.35. The number of hydrogen-bond donors (Lipinski definition) is 0. The number of carbonyl (C=O) groups excluding carboxylic acids is 3. The molecule has 0 aromatic heterocycles. The van der Waals surface area contributed by atoms with Crippen LogP contribution in [0.3, 0.4) is 0 Å². The van der Waals surface area contributed by atoms with Gasteiger partial charge in [-0.1, -0.05) is 12.1 Å². The third-order valence-corrected chi connectivity index (χ3v) is 3.55. The highest BCUT2D eigenvalue weighted by Crippen LogP contribution is 2.17. The molecule has 1 atom stereocenters. The summed E-state index contributed by atoms with van der Waals surface area (Å²) < 4.78 is 4.63. The number of hydrogen-bond acceptors (Lipinski definition) is 4. The molecule has 0 bridgehead atoms. The minimum atomic E-state index is -0.368. The molecule has 1 aromatic rings. The van der Waals surface area contributed by atoms with Crippen LogP contribution in [0.1, 0.15) is 28.8 Å². The SMILES string of the molecule is COC(=O)c1ccc(CCN2C(=O)CC[C@H]2C=O)cc1. The third-order valence-electron chi connectivity index (χ3n) is 3.55. The zero-order chi connectivity index (χ0) is 14.5. The number of ether oxygens (including phenoxy) is 1. The Morgan fingerprint density at radius 2 is 2.10 bits per heavy atom. The first-order valence-electron chi connectivity index (χ1n) is 6.57. The van der Waals surface area contributed by atoms with Crippen molar-refractivity contribution in [1.29, 1.82) is 0 Å². The molecule has 0 saturated carbocycles. The van der Waals surface area contributed by atoms with Crippen LogP contribution in [0, 0.1) is 0 Å². The van der Waals surface area contributed by atoms with Gasteiger partial charge in [0, 0.05) is 13.0 Å². The molecule has 0 radical (unpaired) electrons. The van der Waals surface area contributed by atoms with Crippen LogP contribution < -0.4 is 0 Å². The fourth-order valence-corrected chi connectivity index (χ4v) is 2.36. The van der Waals surface area contributed by atoms with Gasteiger partial charge in [0.1, 0.15) is 6.29 Å². The van der Waals surface area contributed by atoms with Gasteiger partial charge in [-0.05, 0) is 30.5 Å². The lowest BCUT2D eigenvalue weighted by molar-refractivity contribution is -0.131. The first kappa shape index (κ1) is 14.2. The van der Waals surface area contributed by atoms with E-state index in [2.05, 4.69) is 4.74 Å². The second kappa shape index (κ2) is 6.32. The number of aldehydes is 1. The van der Waals surface area contributed by atoms with E-state index >= 15 is 0 Å². The Morgan fingerprint density at radius 1 is 1.40 bits per heavy atom. The van der Waals surface area contributed by atoms with Crippen LogP contribution in [0.5, 0.6) is 0 Å². The highest BCUT2D eigenvalue weighted by atomic mass is 16.5. The van der Waals surface area contributed by atoms with E-state index in [1.54, 1.807) is 17.0 Å². The summed E-state index contributed by atoms with van der Waals surface area (Å²) in [5.41, 5.74) is 1.52. The van der Waals surface area contributed by atoms with Gasteiger partial charge in [0.25, 0.3) is 0 Å². The molecule has 2 rings (SSSR count). The standard InChI is InChI=1S/C15H17NO4/c1-20-15(19)12-4-2-11(3-5-12)8-9-16-13(10-17)6-7-14(16)18/h2-5,10,13H,6-9H2,1H3/t13-/m0/s1. The third kappa shape index (κ3) is 3.04. The largest absolute Gasteiger partial charge is 0.465 e. The average molecular weight is 275 g/mol. The number of esters is 1. The van der Waals surface area contributed by atoms with Crippen LogP contribution in [0.4, 0.5) is 0 Å². The predicted molar refractivity (Wildman–Crippen MR) is 72.3 cm³/mol. The fourth-order valence-electron chi connectivity index (χ4n) is 2.36. The molecule has 106 valence electrons. The van der Waals surface area contributed by atoms with E-state index in [1.807, 2.05) is 12.1 Å². The minimum absolute atomic E-state index is 0.0354.